The van der Waals surface area contributed by atoms with Crippen molar-refractivity contribution in [1.29, 1.82) is 0 Å². The number of piperidine rings is 1. The number of rotatable bonds is 5. The summed E-state index contributed by atoms with van der Waals surface area (Å²) in [7, 11) is 0. The maximum absolute atomic E-state index is 13.0. The van der Waals surface area contributed by atoms with E-state index in [-0.39, 0.29) is 11.9 Å². The van der Waals surface area contributed by atoms with Gasteiger partial charge >= 0.3 is 11.9 Å². The van der Waals surface area contributed by atoms with Crippen LogP contribution in [-0.2, 0) is 16.1 Å². The van der Waals surface area contributed by atoms with Crippen molar-refractivity contribution in [3.8, 4) is 5.88 Å². The molecule has 1 aliphatic carbocycles. The normalized spacial score (nSPS) is 24.6. The zero-order valence-corrected chi connectivity index (χ0v) is 17.8. The van der Waals surface area contributed by atoms with Crippen molar-refractivity contribution < 1.29 is 24.2 Å². The van der Waals surface area contributed by atoms with Gasteiger partial charge in [0.2, 0.25) is 5.88 Å². The molecule has 7 heteroatoms. The number of aryl methyl sites for hydroxylation is 1. The van der Waals surface area contributed by atoms with Gasteiger partial charge in [-0.2, -0.15) is 0 Å². The fourth-order valence-electron chi connectivity index (χ4n) is 5.50. The van der Waals surface area contributed by atoms with Gasteiger partial charge in [0.25, 0.3) is 0 Å². The number of nitrogens with zero attached hydrogens (tertiary/aromatic N) is 2. The standard InChI is InChI=1S/C24H30N2O5/c27-23(28)17-6-7-18(14-17)25-11-8-16(9-12-25)15-31-24(29)21-19-4-1-2-5-20(19)26-10-3-13-30-22(21)26/h1-2,4-5,16-18H,3,6-15H2,(H,27,28). The van der Waals surface area contributed by atoms with Gasteiger partial charge in [0, 0.05) is 18.0 Å². The number of ether oxygens (including phenoxy) is 2. The van der Waals surface area contributed by atoms with E-state index in [1.165, 1.54) is 0 Å². The maximum atomic E-state index is 13.0. The molecule has 31 heavy (non-hydrogen) atoms. The Hall–Kier alpha value is -2.54. The molecule has 1 N–H and O–H groups in total. The summed E-state index contributed by atoms with van der Waals surface area (Å²) in [6.07, 6.45) is 5.42. The van der Waals surface area contributed by atoms with E-state index in [0.29, 0.717) is 36.6 Å². The predicted octanol–water partition coefficient (Wildman–Crippen LogP) is 3.55. The Morgan fingerprint density at radius 2 is 1.90 bits per heavy atom. The Bertz CT molecular complexity index is 976. The van der Waals surface area contributed by atoms with Gasteiger partial charge in [-0.15, -0.1) is 0 Å². The second-order valence-electron chi connectivity index (χ2n) is 9.13. The van der Waals surface area contributed by atoms with Crippen LogP contribution in [0.25, 0.3) is 10.9 Å². The second-order valence-corrected chi connectivity index (χ2v) is 9.13. The van der Waals surface area contributed by atoms with Crippen LogP contribution >= 0.6 is 0 Å². The lowest BCUT2D eigenvalue weighted by molar-refractivity contribution is -0.141. The van der Waals surface area contributed by atoms with Crippen LogP contribution in [0.3, 0.4) is 0 Å². The quantitative estimate of drug-likeness (QED) is 0.737. The molecule has 1 aromatic carbocycles. The van der Waals surface area contributed by atoms with E-state index in [2.05, 4.69) is 9.47 Å². The van der Waals surface area contributed by atoms with Gasteiger partial charge in [0.15, 0.2) is 0 Å². The first-order valence-corrected chi connectivity index (χ1v) is 11.5. The zero-order valence-electron chi connectivity index (χ0n) is 17.8. The molecule has 0 bridgehead atoms. The summed E-state index contributed by atoms with van der Waals surface area (Å²) in [5.74, 6) is -0.152. The van der Waals surface area contributed by atoms with E-state index >= 15 is 0 Å². The lowest BCUT2D eigenvalue weighted by Gasteiger charge is -2.35. The third-order valence-corrected chi connectivity index (χ3v) is 7.26. The monoisotopic (exact) mass is 426 g/mol. The first-order valence-electron chi connectivity index (χ1n) is 11.5. The summed E-state index contributed by atoms with van der Waals surface area (Å²) in [5.41, 5.74) is 1.58. The number of carboxylic acid groups (broad SMARTS) is 1. The highest BCUT2D eigenvalue weighted by atomic mass is 16.5. The number of fused-ring (bicyclic) bond motifs is 3. The Kier molecular flexibility index (Phi) is 5.61. The molecular weight excluding hydrogens is 396 g/mol. The molecule has 2 fully saturated rings. The van der Waals surface area contributed by atoms with Crippen LogP contribution in [0.4, 0.5) is 0 Å². The van der Waals surface area contributed by atoms with Crippen LogP contribution in [0.2, 0.25) is 0 Å². The minimum Gasteiger partial charge on any atom is -0.481 e. The van der Waals surface area contributed by atoms with Gasteiger partial charge in [-0.05, 0) is 63.6 Å². The molecule has 0 amide bonds. The Labute approximate surface area is 181 Å². The largest absolute Gasteiger partial charge is 0.481 e. The van der Waals surface area contributed by atoms with Crippen LogP contribution in [0.1, 0.15) is 48.9 Å². The summed E-state index contributed by atoms with van der Waals surface area (Å²) in [4.78, 5) is 26.7. The van der Waals surface area contributed by atoms with Crippen molar-refractivity contribution >= 4 is 22.8 Å². The summed E-state index contributed by atoms with van der Waals surface area (Å²) >= 11 is 0. The second kappa shape index (κ2) is 8.54. The van der Waals surface area contributed by atoms with Gasteiger partial charge in [0.05, 0.1) is 24.6 Å². The molecule has 3 heterocycles. The van der Waals surface area contributed by atoms with Gasteiger partial charge < -0.3 is 24.0 Å². The van der Waals surface area contributed by atoms with Crippen molar-refractivity contribution in [3.63, 3.8) is 0 Å². The highest BCUT2D eigenvalue weighted by molar-refractivity contribution is 6.07. The van der Waals surface area contributed by atoms with Crippen LogP contribution in [0, 0.1) is 11.8 Å². The van der Waals surface area contributed by atoms with Crippen LogP contribution in [0.15, 0.2) is 24.3 Å². The van der Waals surface area contributed by atoms with Gasteiger partial charge in [-0.1, -0.05) is 18.2 Å². The SMILES string of the molecule is O=C(OCC1CCN(C2CCC(C(=O)O)C2)CC1)c1c2n(c3ccccc13)CCCO2. The average molecular weight is 427 g/mol. The first kappa shape index (κ1) is 20.4. The van der Waals surface area contributed by atoms with Crippen molar-refractivity contribution in [1.82, 2.24) is 9.47 Å². The molecule has 166 valence electrons. The molecule has 3 aliphatic rings. The number of para-hydroxylation sites is 1. The minimum atomic E-state index is -0.659. The van der Waals surface area contributed by atoms with Gasteiger partial charge in [-0.25, -0.2) is 4.79 Å². The minimum absolute atomic E-state index is 0.186. The Morgan fingerprint density at radius 3 is 2.68 bits per heavy atom. The van der Waals surface area contributed by atoms with E-state index in [1.54, 1.807) is 0 Å². The highest BCUT2D eigenvalue weighted by Gasteiger charge is 2.35. The molecule has 2 atom stereocenters. The molecule has 1 saturated heterocycles. The number of aliphatic carboxylic acids is 1. The summed E-state index contributed by atoms with van der Waals surface area (Å²) < 4.78 is 13.7. The fourth-order valence-corrected chi connectivity index (χ4v) is 5.50. The van der Waals surface area contributed by atoms with Crippen LogP contribution in [-0.4, -0.2) is 58.9 Å². The van der Waals surface area contributed by atoms with Crippen LogP contribution < -0.4 is 4.74 Å². The van der Waals surface area contributed by atoms with Crippen LogP contribution in [0.5, 0.6) is 5.88 Å². The molecule has 5 rings (SSSR count). The smallest absolute Gasteiger partial charge is 0.344 e. The third kappa shape index (κ3) is 3.91. The Balaban J connectivity index is 1.19. The number of benzene rings is 1. The van der Waals surface area contributed by atoms with Crippen molar-refractivity contribution in [2.24, 2.45) is 11.8 Å². The summed E-state index contributed by atoms with van der Waals surface area (Å²) in [6.45, 7) is 3.80. The van der Waals surface area contributed by atoms with E-state index in [4.69, 9.17) is 9.47 Å². The molecule has 1 aromatic heterocycles. The first-order chi connectivity index (χ1) is 15.1. The maximum Gasteiger partial charge on any atom is 0.344 e. The highest BCUT2D eigenvalue weighted by Crippen LogP contribution is 2.36. The number of esters is 1. The fraction of sp³-hybridized carbons (Fsp3) is 0.583. The number of carboxylic acids is 1. The van der Waals surface area contributed by atoms with E-state index in [9.17, 15) is 14.7 Å². The number of likely N-dealkylation sites (tertiary alicyclic amines) is 1. The number of hydrogen-bond donors (Lipinski definition) is 1. The predicted molar refractivity (Wildman–Crippen MR) is 115 cm³/mol. The molecule has 2 aromatic rings. The van der Waals surface area contributed by atoms with E-state index in [0.717, 1.165) is 69.1 Å². The molecule has 7 nitrogen and oxygen atoms in total. The number of aromatic nitrogens is 1. The van der Waals surface area contributed by atoms with E-state index < -0.39 is 5.97 Å². The number of carbonyl (C=O) groups is 2. The third-order valence-electron chi connectivity index (χ3n) is 7.26. The van der Waals surface area contributed by atoms with Crippen molar-refractivity contribution in [2.75, 3.05) is 26.3 Å². The molecule has 2 unspecified atom stereocenters. The number of hydrogen-bond acceptors (Lipinski definition) is 5. The lowest BCUT2D eigenvalue weighted by Crippen LogP contribution is -2.41. The summed E-state index contributed by atoms with van der Waals surface area (Å²) in [5, 5.41) is 10.1. The van der Waals surface area contributed by atoms with Crippen molar-refractivity contribution in [2.45, 2.75) is 51.1 Å². The lowest BCUT2D eigenvalue weighted by atomic mass is 9.96. The molecule has 2 aliphatic heterocycles. The molecule has 0 radical (unpaired) electrons. The molecule has 1 saturated carbocycles. The summed E-state index contributed by atoms with van der Waals surface area (Å²) in [6, 6.07) is 8.30. The zero-order chi connectivity index (χ0) is 21.4. The van der Waals surface area contributed by atoms with E-state index in [1.807, 2.05) is 24.3 Å². The van der Waals surface area contributed by atoms with Gasteiger partial charge in [-0.3, -0.25) is 4.79 Å². The number of carbonyl (C=O) groups excluding carboxylic acids is 1. The Morgan fingerprint density at radius 1 is 1.10 bits per heavy atom. The van der Waals surface area contributed by atoms with Gasteiger partial charge in [0.1, 0.15) is 5.56 Å². The molecule has 0 spiro atoms. The topological polar surface area (TPSA) is 81.0 Å². The molecular formula is C24H30N2O5. The average Bonchev–Trinajstić information content (AvgIpc) is 3.42. The van der Waals surface area contributed by atoms with Crippen molar-refractivity contribution in [3.05, 3.63) is 29.8 Å².